The zero-order valence-corrected chi connectivity index (χ0v) is 9.41. The van der Waals surface area contributed by atoms with Crippen LogP contribution in [0.3, 0.4) is 0 Å². The third-order valence-corrected chi connectivity index (χ3v) is 4.07. The van der Waals surface area contributed by atoms with E-state index < -0.39 is 0 Å². The lowest BCUT2D eigenvalue weighted by molar-refractivity contribution is 0.296. The van der Waals surface area contributed by atoms with Gasteiger partial charge >= 0.3 is 0 Å². The third-order valence-electron chi connectivity index (χ3n) is 4.07. The molecular weight excluding hydrogens is 172 g/mol. The molecule has 1 saturated carbocycles. The Kier molecular flexibility index (Phi) is 3.45. The van der Waals surface area contributed by atoms with E-state index >= 15 is 0 Å². The van der Waals surface area contributed by atoms with Crippen molar-refractivity contribution >= 4 is 0 Å². The monoisotopic (exact) mass is 196 g/mol. The zero-order valence-electron chi connectivity index (χ0n) is 9.41. The van der Waals surface area contributed by atoms with Gasteiger partial charge in [0, 0.05) is 25.7 Å². The number of nitrogens with two attached hydrogens (primary N) is 1. The van der Waals surface area contributed by atoms with Crippen molar-refractivity contribution in [3.8, 4) is 0 Å². The molecule has 0 aromatic heterocycles. The smallest absolute Gasteiger partial charge is 0.0165 e. The van der Waals surface area contributed by atoms with E-state index in [-0.39, 0.29) is 0 Å². The first-order valence-corrected chi connectivity index (χ1v) is 6.27. The number of likely N-dealkylation sites (tertiary alicyclic amines) is 1. The lowest BCUT2D eigenvalue weighted by Gasteiger charge is -2.23. The fourth-order valence-corrected chi connectivity index (χ4v) is 3.11. The Balaban J connectivity index is 1.80. The zero-order chi connectivity index (χ0) is 9.97. The minimum atomic E-state index is 0.398. The van der Waals surface area contributed by atoms with Crippen LogP contribution >= 0.6 is 0 Å². The highest BCUT2D eigenvalue weighted by atomic mass is 15.2. The molecule has 82 valence electrons. The van der Waals surface area contributed by atoms with E-state index in [0.717, 1.165) is 24.8 Å². The molecule has 2 aliphatic rings. The molecule has 1 aliphatic carbocycles. The Hall–Kier alpha value is -0.0800. The van der Waals surface area contributed by atoms with Crippen LogP contribution in [0.5, 0.6) is 0 Å². The van der Waals surface area contributed by atoms with Gasteiger partial charge in [-0.3, -0.25) is 0 Å². The number of rotatable bonds is 3. The van der Waals surface area contributed by atoms with Crippen LogP contribution in [0.4, 0.5) is 0 Å². The third kappa shape index (κ3) is 2.29. The van der Waals surface area contributed by atoms with Crippen LogP contribution in [-0.2, 0) is 0 Å². The van der Waals surface area contributed by atoms with E-state index in [9.17, 15) is 0 Å². The second kappa shape index (κ2) is 4.63. The summed E-state index contributed by atoms with van der Waals surface area (Å²) in [4.78, 5) is 2.61. The Bertz CT molecular complexity index is 167. The molecule has 0 spiro atoms. The predicted octanol–water partition coefficient (Wildman–Crippen LogP) is 1.85. The van der Waals surface area contributed by atoms with Crippen molar-refractivity contribution in [3.63, 3.8) is 0 Å². The Labute approximate surface area is 87.8 Å². The van der Waals surface area contributed by atoms with Gasteiger partial charge in [0.05, 0.1) is 0 Å². The Morgan fingerprint density at radius 1 is 1.21 bits per heavy atom. The van der Waals surface area contributed by atoms with Crippen molar-refractivity contribution in [1.29, 1.82) is 0 Å². The maximum Gasteiger partial charge on any atom is 0.0165 e. The molecule has 0 aromatic rings. The van der Waals surface area contributed by atoms with E-state index in [1.807, 2.05) is 0 Å². The van der Waals surface area contributed by atoms with Gasteiger partial charge in [0.25, 0.3) is 0 Å². The predicted molar refractivity (Wildman–Crippen MR) is 60.2 cm³/mol. The molecule has 2 nitrogen and oxygen atoms in total. The highest BCUT2D eigenvalue weighted by molar-refractivity contribution is 4.87. The summed E-state index contributed by atoms with van der Waals surface area (Å²) in [6, 6.07) is 0.398. The molecule has 0 aromatic carbocycles. The highest BCUT2D eigenvalue weighted by Crippen LogP contribution is 2.35. The van der Waals surface area contributed by atoms with Gasteiger partial charge in [-0.1, -0.05) is 19.8 Å². The first-order valence-electron chi connectivity index (χ1n) is 6.27. The van der Waals surface area contributed by atoms with Crippen molar-refractivity contribution < 1.29 is 0 Å². The molecule has 0 bridgehead atoms. The summed E-state index contributed by atoms with van der Waals surface area (Å²) in [5.41, 5.74) is 6.00. The molecule has 2 unspecified atom stereocenters. The highest BCUT2D eigenvalue weighted by Gasteiger charge is 2.34. The van der Waals surface area contributed by atoms with E-state index in [1.165, 1.54) is 38.8 Å². The van der Waals surface area contributed by atoms with E-state index in [4.69, 9.17) is 5.73 Å². The van der Waals surface area contributed by atoms with Crippen LogP contribution in [0, 0.1) is 11.8 Å². The molecule has 0 radical (unpaired) electrons. The Morgan fingerprint density at radius 2 is 1.79 bits per heavy atom. The van der Waals surface area contributed by atoms with Gasteiger partial charge in [-0.15, -0.1) is 0 Å². The fourth-order valence-electron chi connectivity index (χ4n) is 3.11. The minimum Gasteiger partial charge on any atom is -0.327 e. The molecule has 0 amide bonds. The summed E-state index contributed by atoms with van der Waals surface area (Å²) in [5, 5.41) is 0. The van der Waals surface area contributed by atoms with Crippen molar-refractivity contribution in [3.05, 3.63) is 0 Å². The summed E-state index contributed by atoms with van der Waals surface area (Å²) >= 11 is 0. The normalized spacial score (nSPS) is 35.6. The molecule has 14 heavy (non-hydrogen) atoms. The SMILES string of the molecule is CC[C@@H](N)CN1CC2CCCCC2C1. The quantitative estimate of drug-likeness (QED) is 0.746. The largest absolute Gasteiger partial charge is 0.327 e. The van der Waals surface area contributed by atoms with E-state index in [1.54, 1.807) is 0 Å². The summed E-state index contributed by atoms with van der Waals surface area (Å²) < 4.78 is 0. The molecule has 2 rings (SSSR count). The lowest BCUT2D eigenvalue weighted by Crippen LogP contribution is -2.35. The molecule has 2 heteroatoms. The van der Waals surface area contributed by atoms with Crippen LogP contribution < -0.4 is 5.73 Å². The molecular formula is C12H24N2. The summed E-state index contributed by atoms with van der Waals surface area (Å²) in [7, 11) is 0. The average molecular weight is 196 g/mol. The van der Waals surface area contributed by atoms with Crippen molar-refractivity contribution in [1.82, 2.24) is 4.90 Å². The standard InChI is InChI=1S/C12H24N2/c1-2-12(13)9-14-7-10-5-3-4-6-11(10)8-14/h10-12H,2-9,13H2,1H3/t10?,11?,12-/m1/s1. The summed E-state index contributed by atoms with van der Waals surface area (Å²) in [5.74, 6) is 2.01. The maximum absolute atomic E-state index is 6.00. The van der Waals surface area contributed by atoms with Crippen molar-refractivity contribution in [2.45, 2.75) is 45.1 Å². The van der Waals surface area contributed by atoms with Crippen LogP contribution in [0.2, 0.25) is 0 Å². The maximum atomic E-state index is 6.00. The number of hydrogen-bond acceptors (Lipinski definition) is 2. The van der Waals surface area contributed by atoms with Gasteiger partial charge in [-0.05, 0) is 31.1 Å². The van der Waals surface area contributed by atoms with Gasteiger partial charge in [-0.2, -0.15) is 0 Å². The first kappa shape index (κ1) is 10.4. The first-order chi connectivity index (χ1) is 6.79. The van der Waals surface area contributed by atoms with Crippen LogP contribution in [0.25, 0.3) is 0 Å². The summed E-state index contributed by atoms with van der Waals surface area (Å²) in [6.45, 7) is 5.98. The second-order valence-corrected chi connectivity index (χ2v) is 5.19. The van der Waals surface area contributed by atoms with Crippen LogP contribution in [-0.4, -0.2) is 30.6 Å². The number of nitrogens with zero attached hydrogens (tertiary/aromatic N) is 1. The fraction of sp³-hybridized carbons (Fsp3) is 1.00. The minimum absolute atomic E-state index is 0.398. The summed E-state index contributed by atoms with van der Waals surface area (Å²) in [6.07, 6.45) is 7.00. The number of hydrogen-bond donors (Lipinski definition) is 1. The number of fused-ring (bicyclic) bond motifs is 1. The van der Waals surface area contributed by atoms with Gasteiger partial charge in [0.2, 0.25) is 0 Å². The van der Waals surface area contributed by atoms with Crippen LogP contribution in [0.1, 0.15) is 39.0 Å². The van der Waals surface area contributed by atoms with Gasteiger partial charge in [-0.25, -0.2) is 0 Å². The molecule has 2 fully saturated rings. The average Bonchev–Trinajstić information content (AvgIpc) is 2.59. The van der Waals surface area contributed by atoms with E-state index in [2.05, 4.69) is 11.8 Å². The molecule has 1 saturated heterocycles. The lowest BCUT2D eigenvalue weighted by atomic mass is 9.82. The van der Waals surface area contributed by atoms with Crippen molar-refractivity contribution in [2.24, 2.45) is 17.6 Å². The molecule has 1 heterocycles. The second-order valence-electron chi connectivity index (χ2n) is 5.19. The molecule has 3 atom stereocenters. The van der Waals surface area contributed by atoms with Crippen molar-refractivity contribution in [2.75, 3.05) is 19.6 Å². The van der Waals surface area contributed by atoms with Crippen LogP contribution in [0.15, 0.2) is 0 Å². The van der Waals surface area contributed by atoms with Gasteiger partial charge < -0.3 is 10.6 Å². The van der Waals surface area contributed by atoms with E-state index in [0.29, 0.717) is 6.04 Å². The van der Waals surface area contributed by atoms with Gasteiger partial charge in [0.15, 0.2) is 0 Å². The molecule has 2 N–H and O–H groups in total. The Morgan fingerprint density at radius 3 is 2.29 bits per heavy atom. The van der Waals surface area contributed by atoms with Gasteiger partial charge in [0.1, 0.15) is 0 Å². The molecule has 1 aliphatic heterocycles. The topological polar surface area (TPSA) is 29.3 Å².